The number of ether oxygens (including phenoxy) is 2. The normalized spacial score (nSPS) is 14.1. The van der Waals surface area contributed by atoms with Crippen LogP contribution in [0.4, 0.5) is 5.69 Å². The average Bonchev–Trinajstić information content (AvgIpc) is 3.04. The Hall–Kier alpha value is -3.03. The fourth-order valence-corrected chi connectivity index (χ4v) is 2.10. The van der Waals surface area contributed by atoms with E-state index >= 15 is 0 Å². The van der Waals surface area contributed by atoms with Crippen molar-refractivity contribution in [3.63, 3.8) is 0 Å². The molecule has 1 unspecified atom stereocenters. The number of nitrogens with one attached hydrogen (secondary N) is 1. The standard InChI is InChI=1S/C15H15N3O5/c1-9(15(20)21)18-5-4-11(17-18)14(19)16-10-2-3-12-13(8-10)23-7-6-22-12/h2-5,8-9H,6-7H2,1H3,(H,16,19)(H,20,21). The summed E-state index contributed by atoms with van der Waals surface area (Å²) in [6, 6.07) is 5.71. The van der Waals surface area contributed by atoms with E-state index in [4.69, 9.17) is 14.6 Å². The van der Waals surface area contributed by atoms with Gasteiger partial charge in [0.05, 0.1) is 0 Å². The highest BCUT2D eigenvalue weighted by atomic mass is 16.6. The van der Waals surface area contributed by atoms with E-state index in [9.17, 15) is 9.59 Å². The van der Waals surface area contributed by atoms with Gasteiger partial charge in [0.2, 0.25) is 0 Å². The van der Waals surface area contributed by atoms with Gasteiger partial charge in [0.25, 0.3) is 5.91 Å². The predicted molar refractivity (Wildman–Crippen MR) is 80.0 cm³/mol. The van der Waals surface area contributed by atoms with Gasteiger partial charge in [0, 0.05) is 18.0 Å². The highest BCUT2D eigenvalue weighted by Crippen LogP contribution is 2.32. The largest absolute Gasteiger partial charge is 0.486 e. The summed E-state index contributed by atoms with van der Waals surface area (Å²) < 4.78 is 12.1. The van der Waals surface area contributed by atoms with Gasteiger partial charge in [0.1, 0.15) is 19.3 Å². The fraction of sp³-hybridized carbons (Fsp3) is 0.267. The Bertz CT molecular complexity index is 755. The van der Waals surface area contributed by atoms with Crippen LogP contribution in [0.2, 0.25) is 0 Å². The average molecular weight is 317 g/mol. The first kappa shape index (κ1) is 14.9. The molecule has 8 heteroatoms. The molecule has 0 spiro atoms. The molecule has 2 aromatic rings. The molecule has 0 fully saturated rings. The van der Waals surface area contributed by atoms with Gasteiger partial charge in [-0.2, -0.15) is 5.10 Å². The summed E-state index contributed by atoms with van der Waals surface area (Å²) in [5.74, 6) is -0.252. The molecule has 1 amide bonds. The Kier molecular flexibility index (Phi) is 3.88. The number of hydrogen-bond donors (Lipinski definition) is 2. The number of fused-ring (bicyclic) bond motifs is 1. The van der Waals surface area contributed by atoms with E-state index in [2.05, 4.69) is 10.4 Å². The molecule has 3 rings (SSSR count). The molecular weight excluding hydrogens is 302 g/mol. The number of amides is 1. The molecule has 0 radical (unpaired) electrons. The van der Waals surface area contributed by atoms with Crippen molar-refractivity contribution in [3.05, 3.63) is 36.2 Å². The summed E-state index contributed by atoms with van der Waals surface area (Å²) in [6.07, 6.45) is 1.46. The zero-order valence-electron chi connectivity index (χ0n) is 12.4. The maximum atomic E-state index is 12.2. The van der Waals surface area contributed by atoms with Crippen molar-refractivity contribution in [2.45, 2.75) is 13.0 Å². The second-order valence-corrected chi connectivity index (χ2v) is 5.01. The number of hydrogen-bond acceptors (Lipinski definition) is 5. The van der Waals surface area contributed by atoms with Gasteiger partial charge in [-0.1, -0.05) is 0 Å². The number of nitrogens with zero attached hydrogens (tertiary/aromatic N) is 2. The lowest BCUT2D eigenvalue weighted by Crippen LogP contribution is -2.18. The summed E-state index contributed by atoms with van der Waals surface area (Å²) in [5.41, 5.74) is 0.674. The van der Waals surface area contributed by atoms with Gasteiger partial charge in [-0.15, -0.1) is 0 Å². The maximum Gasteiger partial charge on any atom is 0.328 e. The van der Waals surface area contributed by atoms with Crippen molar-refractivity contribution in [1.82, 2.24) is 9.78 Å². The number of carboxylic acid groups (broad SMARTS) is 1. The maximum absolute atomic E-state index is 12.2. The van der Waals surface area contributed by atoms with Crippen LogP contribution in [0.3, 0.4) is 0 Å². The Labute approximate surface area is 131 Å². The summed E-state index contributed by atoms with van der Waals surface area (Å²) in [6.45, 7) is 2.44. The number of benzene rings is 1. The summed E-state index contributed by atoms with van der Waals surface area (Å²) in [5, 5.41) is 15.6. The van der Waals surface area contributed by atoms with Crippen molar-refractivity contribution in [1.29, 1.82) is 0 Å². The van der Waals surface area contributed by atoms with E-state index in [1.807, 2.05) is 0 Å². The molecule has 2 heterocycles. The van der Waals surface area contributed by atoms with Crippen molar-refractivity contribution < 1.29 is 24.2 Å². The minimum absolute atomic E-state index is 0.132. The van der Waals surface area contributed by atoms with Crippen LogP contribution in [0.5, 0.6) is 11.5 Å². The van der Waals surface area contributed by atoms with Crippen molar-refractivity contribution in [2.24, 2.45) is 0 Å². The van der Waals surface area contributed by atoms with Crippen LogP contribution >= 0.6 is 0 Å². The Balaban J connectivity index is 1.73. The van der Waals surface area contributed by atoms with Crippen LogP contribution in [-0.2, 0) is 4.79 Å². The van der Waals surface area contributed by atoms with E-state index < -0.39 is 17.9 Å². The van der Waals surface area contributed by atoms with Gasteiger partial charge in [-0.25, -0.2) is 4.79 Å². The number of anilines is 1. The van der Waals surface area contributed by atoms with Crippen molar-refractivity contribution >= 4 is 17.6 Å². The summed E-state index contributed by atoms with van der Waals surface area (Å²) in [4.78, 5) is 23.1. The van der Waals surface area contributed by atoms with Crippen molar-refractivity contribution in [3.8, 4) is 11.5 Å². The molecule has 1 aliphatic heterocycles. The van der Waals surface area contributed by atoms with Crippen molar-refractivity contribution in [2.75, 3.05) is 18.5 Å². The molecule has 1 aromatic heterocycles. The van der Waals surface area contributed by atoms with Crippen LogP contribution in [0.1, 0.15) is 23.5 Å². The molecule has 0 saturated heterocycles. The molecule has 120 valence electrons. The van der Waals surface area contributed by atoms with E-state index in [0.29, 0.717) is 30.4 Å². The van der Waals surface area contributed by atoms with Crippen LogP contribution in [0.15, 0.2) is 30.5 Å². The molecule has 1 aromatic carbocycles. The predicted octanol–water partition coefficient (Wildman–Crippen LogP) is 1.55. The first-order chi connectivity index (χ1) is 11.0. The highest BCUT2D eigenvalue weighted by molar-refractivity contribution is 6.03. The first-order valence-electron chi connectivity index (χ1n) is 7.03. The Morgan fingerprint density at radius 1 is 1.26 bits per heavy atom. The minimum Gasteiger partial charge on any atom is -0.486 e. The van der Waals surface area contributed by atoms with Crippen LogP contribution in [0.25, 0.3) is 0 Å². The second-order valence-electron chi connectivity index (χ2n) is 5.01. The smallest absolute Gasteiger partial charge is 0.328 e. The molecule has 1 atom stereocenters. The molecule has 8 nitrogen and oxygen atoms in total. The zero-order chi connectivity index (χ0) is 16.4. The van der Waals surface area contributed by atoms with E-state index in [0.717, 1.165) is 0 Å². The van der Waals surface area contributed by atoms with Gasteiger partial charge >= 0.3 is 5.97 Å². The summed E-state index contributed by atoms with van der Waals surface area (Å²) in [7, 11) is 0. The zero-order valence-corrected chi connectivity index (χ0v) is 12.4. The van der Waals surface area contributed by atoms with Gasteiger partial charge in [0.15, 0.2) is 17.2 Å². The third-order valence-corrected chi connectivity index (χ3v) is 3.40. The Morgan fingerprint density at radius 3 is 2.74 bits per heavy atom. The van der Waals surface area contributed by atoms with E-state index in [-0.39, 0.29) is 5.69 Å². The van der Waals surface area contributed by atoms with Crippen LogP contribution < -0.4 is 14.8 Å². The fourth-order valence-electron chi connectivity index (χ4n) is 2.10. The number of rotatable bonds is 4. The molecule has 0 bridgehead atoms. The molecule has 0 aliphatic carbocycles. The van der Waals surface area contributed by atoms with E-state index in [1.165, 1.54) is 23.9 Å². The number of carbonyl (C=O) groups excluding carboxylic acids is 1. The van der Waals surface area contributed by atoms with Gasteiger partial charge < -0.3 is 19.9 Å². The Morgan fingerprint density at radius 2 is 2.00 bits per heavy atom. The third-order valence-electron chi connectivity index (χ3n) is 3.40. The molecule has 2 N–H and O–H groups in total. The molecular formula is C15H15N3O5. The van der Waals surface area contributed by atoms with Crippen LogP contribution in [-0.4, -0.2) is 40.0 Å². The van der Waals surface area contributed by atoms with Crippen LogP contribution in [0, 0.1) is 0 Å². The quantitative estimate of drug-likeness (QED) is 0.887. The van der Waals surface area contributed by atoms with Gasteiger partial charge in [-0.05, 0) is 25.1 Å². The van der Waals surface area contributed by atoms with Gasteiger partial charge in [-0.3, -0.25) is 9.48 Å². The lowest BCUT2D eigenvalue weighted by molar-refractivity contribution is -0.140. The monoisotopic (exact) mass is 317 g/mol. The molecule has 1 aliphatic rings. The SMILES string of the molecule is CC(C(=O)O)n1ccc(C(=O)Nc2ccc3c(c2)OCCO3)n1. The van der Waals surface area contributed by atoms with E-state index in [1.54, 1.807) is 18.2 Å². The second kappa shape index (κ2) is 5.99. The number of aromatic nitrogens is 2. The topological polar surface area (TPSA) is 103 Å². The number of aliphatic carboxylic acids is 1. The lowest BCUT2D eigenvalue weighted by Gasteiger charge is -2.18. The first-order valence-corrected chi connectivity index (χ1v) is 7.03. The number of carboxylic acids is 1. The molecule has 0 saturated carbocycles. The third kappa shape index (κ3) is 3.10. The summed E-state index contributed by atoms with van der Waals surface area (Å²) >= 11 is 0. The lowest BCUT2D eigenvalue weighted by atomic mass is 10.2. The molecule has 23 heavy (non-hydrogen) atoms. The highest BCUT2D eigenvalue weighted by Gasteiger charge is 2.18. The minimum atomic E-state index is -1.02. The number of carbonyl (C=O) groups is 2.